The lowest BCUT2D eigenvalue weighted by Gasteiger charge is -2.20. The summed E-state index contributed by atoms with van der Waals surface area (Å²) in [6.45, 7) is 0. The molecule has 5 nitrogen and oxygen atoms in total. The number of nitrogens with one attached hydrogen (secondary N) is 2. The molecule has 2 N–H and O–H groups in total. The van der Waals surface area contributed by atoms with Gasteiger partial charge in [-0.1, -0.05) is 11.6 Å². The summed E-state index contributed by atoms with van der Waals surface area (Å²) in [4.78, 5) is 16.3. The highest BCUT2D eigenvalue weighted by molar-refractivity contribution is 6.29. The van der Waals surface area contributed by atoms with Gasteiger partial charge in [-0.3, -0.25) is 4.79 Å². The summed E-state index contributed by atoms with van der Waals surface area (Å²) < 4.78 is 5.66. The molecule has 0 aliphatic carbocycles. The molecule has 3 atom stereocenters. The molecule has 2 fully saturated rings. The Morgan fingerprint density at radius 1 is 1.36 bits per heavy atom. The monoisotopic (exact) mass is 317 g/mol. The number of carbonyl (C=O) groups is 1. The van der Waals surface area contributed by atoms with Crippen molar-refractivity contribution in [2.45, 2.75) is 37.4 Å². The van der Waals surface area contributed by atoms with E-state index in [0.29, 0.717) is 28.8 Å². The molecule has 0 aromatic carbocycles. The van der Waals surface area contributed by atoms with Crippen molar-refractivity contribution in [3.05, 3.63) is 41.4 Å². The number of fused-ring (bicyclic) bond motifs is 2. The van der Waals surface area contributed by atoms with Gasteiger partial charge in [-0.15, -0.1) is 0 Å². The maximum atomic E-state index is 12.3. The van der Waals surface area contributed by atoms with Gasteiger partial charge in [0.1, 0.15) is 10.9 Å². The van der Waals surface area contributed by atoms with Crippen LogP contribution in [0.1, 0.15) is 29.8 Å². The number of pyridine rings is 1. The van der Waals surface area contributed by atoms with Crippen molar-refractivity contribution in [3.8, 4) is 11.3 Å². The zero-order valence-electron chi connectivity index (χ0n) is 11.9. The highest BCUT2D eigenvalue weighted by Crippen LogP contribution is 2.29. The van der Waals surface area contributed by atoms with E-state index in [2.05, 4.69) is 15.6 Å². The minimum absolute atomic E-state index is 0.161. The molecule has 1 amide bonds. The van der Waals surface area contributed by atoms with E-state index in [-0.39, 0.29) is 11.9 Å². The van der Waals surface area contributed by atoms with Crippen LogP contribution in [0.25, 0.3) is 11.3 Å². The van der Waals surface area contributed by atoms with Crippen molar-refractivity contribution in [1.29, 1.82) is 0 Å². The van der Waals surface area contributed by atoms with Gasteiger partial charge >= 0.3 is 0 Å². The second-order valence-electron chi connectivity index (χ2n) is 5.89. The molecule has 114 valence electrons. The fourth-order valence-corrected chi connectivity index (χ4v) is 3.57. The average Bonchev–Trinajstić information content (AvgIpc) is 3.23. The molecule has 4 rings (SSSR count). The van der Waals surface area contributed by atoms with Crippen LogP contribution in [-0.2, 0) is 0 Å². The topological polar surface area (TPSA) is 67.2 Å². The molecule has 3 unspecified atom stereocenters. The summed E-state index contributed by atoms with van der Waals surface area (Å²) in [6.07, 6.45) is 4.96. The third-order valence-corrected chi connectivity index (χ3v) is 4.66. The number of carbonyl (C=O) groups excluding carboxylic acids is 1. The lowest BCUT2D eigenvalue weighted by atomic mass is 9.95. The van der Waals surface area contributed by atoms with Crippen LogP contribution >= 0.6 is 11.6 Å². The van der Waals surface area contributed by atoms with Crippen LogP contribution in [0.4, 0.5) is 0 Å². The maximum absolute atomic E-state index is 12.3. The normalized spacial score (nSPS) is 26.3. The minimum atomic E-state index is -0.161. The van der Waals surface area contributed by atoms with Crippen LogP contribution < -0.4 is 10.6 Å². The predicted molar refractivity (Wildman–Crippen MR) is 82.8 cm³/mol. The maximum Gasteiger partial charge on any atom is 0.287 e. The van der Waals surface area contributed by atoms with Gasteiger partial charge in [0.25, 0.3) is 5.91 Å². The van der Waals surface area contributed by atoms with Crippen LogP contribution in [0.3, 0.4) is 0 Å². The van der Waals surface area contributed by atoms with Crippen molar-refractivity contribution < 1.29 is 9.21 Å². The Kier molecular flexibility index (Phi) is 3.39. The Bertz CT molecular complexity index is 715. The number of hydrogen-bond acceptors (Lipinski definition) is 4. The molecule has 2 aliphatic heterocycles. The first-order chi connectivity index (χ1) is 10.7. The largest absolute Gasteiger partial charge is 0.451 e. The van der Waals surface area contributed by atoms with E-state index in [1.807, 2.05) is 0 Å². The van der Waals surface area contributed by atoms with E-state index in [9.17, 15) is 4.79 Å². The van der Waals surface area contributed by atoms with Crippen LogP contribution in [0, 0.1) is 0 Å². The average molecular weight is 318 g/mol. The third-order valence-electron chi connectivity index (χ3n) is 4.46. The summed E-state index contributed by atoms with van der Waals surface area (Å²) in [6, 6.07) is 8.15. The van der Waals surface area contributed by atoms with Gasteiger partial charge in [0.2, 0.25) is 0 Å². The molecule has 2 saturated heterocycles. The number of hydrogen-bond donors (Lipinski definition) is 2. The summed E-state index contributed by atoms with van der Waals surface area (Å²) in [5.74, 6) is 0.775. The van der Waals surface area contributed by atoms with Gasteiger partial charge in [-0.05, 0) is 43.5 Å². The fraction of sp³-hybridized carbons (Fsp3) is 0.375. The summed E-state index contributed by atoms with van der Waals surface area (Å²) in [5.41, 5.74) is 0.806. The summed E-state index contributed by atoms with van der Waals surface area (Å²) in [7, 11) is 0. The molecule has 0 radical (unpaired) electrons. The SMILES string of the molecule is O=C(NC1CC2CCC1N2)c1ccc(-c2ccnc(Cl)c2)o1. The van der Waals surface area contributed by atoms with E-state index in [1.54, 1.807) is 30.5 Å². The number of nitrogens with zero attached hydrogens (tertiary/aromatic N) is 1. The van der Waals surface area contributed by atoms with E-state index in [1.165, 1.54) is 6.42 Å². The Hall–Kier alpha value is -1.85. The van der Waals surface area contributed by atoms with E-state index < -0.39 is 0 Å². The third kappa shape index (κ3) is 2.51. The second kappa shape index (κ2) is 5.41. The quantitative estimate of drug-likeness (QED) is 0.854. The van der Waals surface area contributed by atoms with Gasteiger partial charge < -0.3 is 15.1 Å². The molecule has 2 aromatic heterocycles. The molecular weight excluding hydrogens is 302 g/mol. The highest BCUT2D eigenvalue weighted by Gasteiger charge is 2.39. The Labute approximate surface area is 133 Å². The number of aromatic nitrogens is 1. The number of rotatable bonds is 3. The molecule has 0 spiro atoms. The highest BCUT2D eigenvalue weighted by atomic mass is 35.5. The van der Waals surface area contributed by atoms with Crippen molar-refractivity contribution in [1.82, 2.24) is 15.6 Å². The Morgan fingerprint density at radius 3 is 3.00 bits per heavy atom. The first-order valence-corrected chi connectivity index (χ1v) is 7.85. The number of halogens is 1. The minimum Gasteiger partial charge on any atom is -0.451 e. The van der Waals surface area contributed by atoms with Crippen LogP contribution in [0.5, 0.6) is 0 Å². The molecule has 2 bridgehead atoms. The van der Waals surface area contributed by atoms with Gasteiger partial charge in [-0.2, -0.15) is 0 Å². The van der Waals surface area contributed by atoms with Gasteiger partial charge in [-0.25, -0.2) is 4.98 Å². The van der Waals surface area contributed by atoms with Gasteiger partial charge in [0, 0.05) is 29.9 Å². The van der Waals surface area contributed by atoms with Gasteiger partial charge in [0.15, 0.2) is 5.76 Å². The Morgan fingerprint density at radius 2 is 2.27 bits per heavy atom. The van der Waals surface area contributed by atoms with Crippen molar-refractivity contribution in [2.75, 3.05) is 0 Å². The van der Waals surface area contributed by atoms with E-state index >= 15 is 0 Å². The zero-order valence-corrected chi connectivity index (χ0v) is 12.6. The first kappa shape index (κ1) is 13.8. The van der Waals surface area contributed by atoms with Crippen molar-refractivity contribution in [2.24, 2.45) is 0 Å². The van der Waals surface area contributed by atoms with Crippen molar-refractivity contribution in [3.63, 3.8) is 0 Å². The lowest BCUT2D eigenvalue weighted by Crippen LogP contribution is -2.42. The molecule has 2 aromatic rings. The lowest BCUT2D eigenvalue weighted by molar-refractivity contribution is 0.0903. The van der Waals surface area contributed by atoms with Crippen LogP contribution in [0.2, 0.25) is 5.15 Å². The fourth-order valence-electron chi connectivity index (χ4n) is 3.39. The summed E-state index contributed by atoms with van der Waals surface area (Å²) in [5, 5.41) is 6.97. The molecular formula is C16H16ClN3O2. The number of furan rings is 1. The van der Waals surface area contributed by atoms with Crippen LogP contribution in [-0.4, -0.2) is 29.0 Å². The molecule has 0 saturated carbocycles. The predicted octanol–water partition coefficient (Wildman–Crippen LogP) is 2.62. The van der Waals surface area contributed by atoms with E-state index in [0.717, 1.165) is 18.4 Å². The Balaban J connectivity index is 1.48. The van der Waals surface area contributed by atoms with Crippen molar-refractivity contribution >= 4 is 17.5 Å². The first-order valence-electron chi connectivity index (χ1n) is 7.48. The zero-order chi connectivity index (χ0) is 15.1. The van der Waals surface area contributed by atoms with Crippen LogP contribution in [0.15, 0.2) is 34.9 Å². The van der Waals surface area contributed by atoms with E-state index in [4.69, 9.17) is 16.0 Å². The smallest absolute Gasteiger partial charge is 0.287 e. The second-order valence-corrected chi connectivity index (χ2v) is 6.28. The molecule has 2 aliphatic rings. The summed E-state index contributed by atoms with van der Waals surface area (Å²) >= 11 is 5.87. The van der Waals surface area contributed by atoms with Gasteiger partial charge in [0.05, 0.1) is 0 Å². The standard InChI is InChI=1S/C16H16ClN3O2/c17-15-7-9(5-6-18-15)13-3-4-14(22-13)16(21)20-12-8-10-1-2-11(12)19-10/h3-7,10-12,19H,1-2,8H2,(H,20,21). The molecule has 6 heteroatoms. The molecule has 4 heterocycles. The number of amides is 1. The molecule has 22 heavy (non-hydrogen) atoms.